The van der Waals surface area contributed by atoms with Crippen LogP contribution in [0.2, 0.25) is 0 Å². The summed E-state index contributed by atoms with van der Waals surface area (Å²) in [6, 6.07) is -0.238. The maximum Gasteiger partial charge on any atom is 0.314 e. The number of amides is 2. The third kappa shape index (κ3) is 6.36. The Morgan fingerprint density at radius 2 is 1.85 bits per heavy atom. The molecule has 0 aromatic rings. The number of hydrogen-bond donors (Lipinski definition) is 3. The molecule has 0 heterocycles. The summed E-state index contributed by atoms with van der Waals surface area (Å²) in [5.74, 6) is 0.521. The van der Waals surface area contributed by atoms with Gasteiger partial charge >= 0.3 is 12.0 Å². The highest BCUT2D eigenvalue weighted by Crippen LogP contribution is 2.28. The van der Waals surface area contributed by atoms with Crippen molar-refractivity contribution in [2.24, 2.45) is 11.8 Å². The second-order valence-corrected chi connectivity index (χ2v) is 6.99. The first-order valence-corrected chi connectivity index (χ1v) is 8.61. The lowest BCUT2D eigenvalue weighted by atomic mass is 9.82. The zero-order valence-electron chi connectivity index (χ0n) is 11.9. The summed E-state index contributed by atoms with van der Waals surface area (Å²) >= 11 is 0. The smallest absolute Gasteiger partial charge is 0.314 e. The van der Waals surface area contributed by atoms with E-state index in [0.717, 1.165) is 12.8 Å². The van der Waals surface area contributed by atoms with Crippen LogP contribution in [-0.4, -0.2) is 45.9 Å². The summed E-state index contributed by atoms with van der Waals surface area (Å²) in [6.45, 7) is 2.84. The van der Waals surface area contributed by atoms with Crippen molar-refractivity contribution in [1.29, 1.82) is 0 Å². The van der Waals surface area contributed by atoms with Crippen LogP contribution in [-0.2, 0) is 15.6 Å². The second-order valence-electron chi connectivity index (χ2n) is 5.13. The van der Waals surface area contributed by atoms with E-state index in [2.05, 4.69) is 10.6 Å². The van der Waals surface area contributed by atoms with E-state index in [1.54, 1.807) is 0 Å². The lowest BCUT2D eigenvalue weighted by Crippen LogP contribution is -2.40. The van der Waals surface area contributed by atoms with Crippen LogP contribution in [0.15, 0.2) is 0 Å². The number of carbonyl (C=O) groups is 2. The van der Waals surface area contributed by atoms with Crippen LogP contribution in [0.4, 0.5) is 4.79 Å². The molecule has 7 heteroatoms. The molecule has 1 aliphatic carbocycles. The number of carboxylic acid groups (broad SMARTS) is 1. The molecule has 3 N–H and O–H groups in total. The third-order valence-electron chi connectivity index (χ3n) is 3.68. The summed E-state index contributed by atoms with van der Waals surface area (Å²) in [5, 5.41) is 14.4. The monoisotopic (exact) mass is 304 g/mol. The average Bonchev–Trinajstić information content (AvgIpc) is 2.45. The van der Waals surface area contributed by atoms with Gasteiger partial charge in [0.2, 0.25) is 0 Å². The summed E-state index contributed by atoms with van der Waals surface area (Å²) in [5.41, 5.74) is 0. The molecule has 0 spiro atoms. The van der Waals surface area contributed by atoms with Gasteiger partial charge in [0, 0.05) is 35.4 Å². The molecule has 0 radical (unpaired) electrons. The van der Waals surface area contributed by atoms with Crippen LogP contribution in [0.3, 0.4) is 0 Å². The van der Waals surface area contributed by atoms with Gasteiger partial charge in [-0.15, -0.1) is 0 Å². The molecule has 1 aliphatic rings. The van der Waals surface area contributed by atoms with Gasteiger partial charge in [0.1, 0.15) is 0 Å². The minimum atomic E-state index is -0.858. The van der Waals surface area contributed by atoms with Crippen LogP contribution in [0, 0.1) is 11.8 Å². The first-order chi connectivity index (χ1) is 9.52. The maximum absolute atomic E-state index is 11.5. The molecule has 2 amide bonds. The quantitative estimate of drug-likeness (QED) is 0.652. The maximum atomic E-state index is 11.5. The molecule has 0 bridgehead atoms. The first kappa shape index (κ1) is 16.9. The van der Waals surface area contributed by atoms with E-state index in [4.69, 9.17) is 5.11 Å². The van der Waals surface area contributed by atoms with E-state index < -0.39 is 16.8 Å². The zero-order valence-corrected chi connectivity index (χ0v) is 12.7. The van der Waals surface area contributed by atoms with Crippen molar-refractivity contribution in [3.8, 4) is 0 Å². The van der Waals surface area contributed by atoms with Crippen molar-refractivity contribution in [2.75, 3.05) is 24.6 Å². The van der Waals surface area contributed by atoms with Gasteiger partial charge in [-0.05, 0) is 31.6 Å². The fourth-order valence-corrected chi connectivity index (χ4v) is 2.95. The van der Waals surface area contributed by atoms with Crippen molar-refractivity contribution in [1.82, 2.24) is 10.6 Å². The van der Waals surface area contributed by atoms with E-state index in [-0.39, 0.29) is 11.9 Å². The molecule has 1 rings (SSSR count). The standard InChI is InChI=1S/C13H24N2O4S/c1-2-20(19)8-7-14-13(18)15-9-10-3-5-11(6-4-10)12(16)17/h10-11H,2-9H2,1H3,(H,16,17)(H2,14,15,18). The highest BCUT2D eigenvalue weighted by atomic mass is 32.2. The van der Waals surface area contributed by atoms with Gasteiger partial charge in [-0.1, -0.05) is 6.92 Å². The van der Waals surface area contributed by atoms with Gasteiger partial charge in [0.15, 0.2) is 0 Å². The topological polar surface area (TPSA) is 95.5 Å². The zero-order chi connectivity index (χ0) is 15.0. The van der Waals surface area contributed by atoms with Crippen LogP contribution < -0.4 is 10.6 Å². The highest BCUT2D eigenvalue weighted by Gasteiger charge is 2.25. The lowest BCUT2D eigenvalue weighted by Gasteiger charge is -2.26. The fourth-order valence-electron chi connectivity index (χ4n) is 2.34. The van der Waals surface area contributed by atoms with Crippen molar-refractivity contribution >= 4 is 22.8 Å². The Morgan fingerprint density at radius 1 is 1.20 bits per heavy atom. The molecular formula is C13H24N2O4S. The molecule has 0 aliphatic heterocycles. The fraction of sp³-hybridized carbons (Fsp3) is 0.846. The van der Waals surface area contributed by atoms with Crippen LogP contribution in [0.5, 0.6) is 0 Å². The van der Waals surface area contributed by atoms with Crippen molar-refractivity contribution in [3.05, 3.63) is 0 Å². The molecule has 1 unspecified atom stereocenters. The summed E-state index contributed by atoms with van der Waals surface area (Å²) in [4.78, 5) is 22.3. The number of nitrogens with one attached hydrogen (secondary N) is 2. The number of carbonyl (C=O) groups excluding carboxylic acids is 1. The predicted octanol–water partition coefficient (Wildman–Crippen LogP) is 0.945. The molecule has 20 heavy (non-hydrogen) atoms. The van der Waals surface area contributed by atoms with E-state index in [1.807, 2.05) is 6.92 Å². The lowest BCUT2D eigenvalue weighted by molar-refractivity contribution is -0.143. The Bertz CT molecular complexity index is 354. The van der Waals surface area contributed by atoms with Gasteiger partial charge in [0.25, 0.3) is 0 Å². The average molecular weight is 304 g/mol. The van der Waals surface area contributed by atoms with E-state index in [0.29, 0.717) is 43.4 Å². The van der Waals surface area contributed by atoms with Crippen molar-refractivity contribution in [3.63, 3.8) is 0 Å². The molecule has 0 aromatic heterocycles. The number of carboxylic acids is 1. The van der Waals surface area contributed by atoms with Crippen LogP contribution >= 0.6 is 0 Å². The Balaban J connectivity index is 2.10. The molecular weight excluding hydrogens is 280 g/mol. The molecule has 6 nitrogen and oxygen atoms in total. The van der Waals surface area contributed by atoms with Gasteiger partial charge in [-0.2, -0.15) is 0 Å². The van der Waals surface area contributed by atoms with Gasteiger partial charge < -0.3 is 15.7 Å². The number of urea groups is 1. The Labute approximate surface area is 122 Å². The van der Waals surface area contributed by atoms with E-state index in [9.17, 15) is 13.8 Å². The van der Waals surface area contributed by atoms with E-state index in [1.165, 1.54) is 0 Å². The molecule has 1 saturated carbocycles. The van der Waals surface area contributed by atoms with Crippen LogP contribution in [0.25, 0.3) is 0 Å². The Hall–Kier alpha value is -1.11. The number of rotatable bonds is 7. The highest BCUT2D eigenvalue weighted by molar-refractivity contribution is 7.84. The number of aliphatic carboxylic acids is 1. The molecule has 116 valence electrons. The SMILES string of the molecule is CCS(=O)CCNC(=O)NCC1CCC(C(=O)O)CC1. The van der Waals surface area contributed by atoms with Gasteiger partial charge in [0.05, 0.1) is 5.92 Å². The normalized spacial score (nSPS) is 23.9. The second kappa shape index (κ2) is 8.94. The summed E-state index contributed by atoms with van der Waals surface area (Å²) in [7, 11) is -0.858. The Morgan fingerprint density at radius 3 is 2.40 bits per heavy atom. The summed E-state index contributed by atoms with van der Waals surface area (Å²) < 4.78 is 11.2. The van der Waals surface area contributed by atoms with Gasteiger partial charge in [-0.3, -0.25) is 9.00 Å². The van der Waals surface area contributed by atoms with Crippen LogP contribution in [0.1, 0.15) is 32.6 Å². The molecule has 0 saturated heterocycles. The largest absolute Gasteiger partial charge is 0.481 e. The minimum absolute atomic E-state index is 0.218. The van der Waals surface area contributed by atoms with Crippen molar-refractivity contribution in [2.45, 2.75) is 32.6 Å². The molecule has 0 aromatic carbocycles. The third-order valence-corrected chi connectivity index (χ3v) is 4.99. The van der Waals surface area contributed by atoms with E-state index >= 15 is 0 Å². The molecule has 1 atom stereocenters. The molecule has 1 fully saturated rings. The minimum Gasteiger partial charge on any atom is -0.481 e. The van der Waals surface area contributed by atoms with Crippen molar-refractivity contribution < 1.29 is 18.9 Å². The summed E-state index contributed by atoms with van der Waals surface area (Å²) in [6.07, 6.45) is 3.08. The number of hydrogen-bond acceptors (Lipinski definition) is 3. The first-order valence-electron chi connectivity index (χ1n) is 7.12. The predicted molar refractivity (Wildman–Crippen MR) is 78.0 cm³/mol. The van der Waals surface area contributed by atoms with Gasteiger partial charge in [-0.25, -0.2) is 4.79 Å². The Kier molecular flexibility index (Phi) is 7.58.